The van der Waals surface area contributed by atoms with Gasteiger partial charge in [0.1, 0.15) is 12.2 Å². The Morgan fingerprint density at radius 1 is 1.53 bits per heavy atom. The Hall–Kier alpha value is -1.66. The highest BCUT2D eigenvalue weighted by Gasteiger charge is 2.02. The summed E-state index contributed by atoms with van der Waals surface area (Å²) in [5, 5.41) is 18.6. The van der Waals surface area contributed by atoms with Crippen molar-refractivity contribution in [1.82, 2.24) is 4.98 Å². The van der Waals surface area contributed by atoms with E-state index in [1.165, 1.54) is 12.3 Å². The SMILES string of the molecule is C[N+](C)(C)CCO.Nc1cccnc1C(=O)[O-]. The maximum atomic E-state index is 10.2. The quantitative estimate of drug-likeness (QED) is 0.642. The maximum Gasteiger partial charge on any atom is 0.109 e. The van der Waals surface area contributed by atoms with Crippen LogP contribution in [0.2, 0.25) is 0 Å². The second-order valence-corrected chi connectivity index (χ2v) is 4.47. The number of anilines is 1. The number of carboxylic acid groups (broad SMARTS) is 1. The van der Waals surface area contributed by atoms with E-state index in [-0.39, 0.29) is 18.0 Å². The molecular formula is C11H19N3O3. The van der Waals surface area contributed by atoms with Crippen LogP contribution in [0.3, 0.4) is 0 Å². The highest BCUT2D eigenvalue weighted by molar-refractivity contribution is 5.89. The van der Waals surface area contributed by atoms with Gasteiger partial charge in [-0.1, -0.05) is 0 Å². The lowest BCUT2D eigenvalue weighted by atomic mass is 10.3. The first kappa shape index (κ1) is 15.3. The van der Waals surface area contributed by atoms with Gasteiger partial charge >= 0.3 is 0 Å². The molecule has 1 rings (SSSR count). The van der Waals surface area contributed by atoms with Crippen LogP contribution < -0.4 is 10.8 Å². The summed E-state index contributed by atoms with van der Waals surface area (Å²) in [7, 11) is 6.16. The molecule has 0 unspecified atom stereocenters. The predicted octanol–water partition coefficient (Wildman–Crippen LogP) is -1.29. The number of nitrogens with two attached hydrogens (primary N) is 1. The van der Waals surface area contributed by atoms with E-state index >= 15 is 0 Å². The number of aliphatic hydroxyl groups is 1. The first-order valence-electron chi connectivity index (χ1n) is 5.11. The van der Waals surface area contributed by atoms with E-state index in [0.717, 1.165) is 11.0 Å². The highest BCUT2D eigenvalue weighted by atomic mass is 16.4. The lowest BCUT2D eigenvalue weighted by Gasteiger charge is -2.21. The Kier molecular flexibility index (Phi) is 6.16. The molecule has 0 aromatic carbocycles. The summed E-state index contributed by atoms with van der Waals surface area (Å²) < 4.78 is 0.844. The summed E-state index contributed by atoms with van der Waals surface area (Å²) in [6, 6.07) is 3.01. The lowest BCUT2D eigenvalue weighted by Crippen LogP contribution is -2.36. The van der Waals surface area contributed by atoms with Crippen LogP contribution in [0, 0.1) is 0 Å². The number of likely N-dealkylation sites (N-methyl/N-ethyl adjacent to an activating group) is 1. The monoisotopic (exact) mass is 241 g/mol. The van der Waals surface area contributed by atoms with Crippen LogP contribution in [-0.4, -0.2) is 54.8 Å². The molecule has 0 saturated carbocycles. The van der Waals surface area contributed by atoms with E-state index in [1.54, 1.807) is 6.07 Å². The third-order valence-corrected chi connectivity index (χ3v) is 1.80. The smallest absolute Gasteiger partial charge is 0.109 e. The summed E-state index contributed by atoms with van der Waals surface area (Å²) in [5.74, 6) is -1.35. The van der Waals surface area contributed by atoms with Gasteiger partial charge in [0.25, 0.3) is 0 Å². The van der Waals surface area contributed by atoms with Crippen molar-refractivity contribution < 1.29 is 19.5 Å². The molecule has 0 aliphatic carbocycles. The van der Waals surface area contributed by atoms with Crippen molar-refractivity contribution in [2.75, 3.05) is 40.0 Å². The summed E-state index contributed by atoms with van der Waals surface area (Å²) in [5.41, 5.74) is 5.16. The molecule has 0 aliphatic rings. The summed E-state index contributed by atoms with van der Waals surface area (Å²) >= 11 is 0. The molecular weight excluding hydrogens is 222 g/mol. The number of hydrogen-bond acceptors (Lipinski definition) is 5. The zero-order valence-corrected chi connectivity index (χ0v) is 10.4. The molecule has 17 heavy (non-hydrogen) atoms. The van der Waals surface area contributed by atoms with Gasteiger partial charge in [-0.3, -0.25) is 4.98 Å². The lowest BCUT2D eigenvalue weighted by molar-refractivity contribution is -0.870. The third kappa shape index (κ3) is 7.26. The first-order valence-corrected chi connectivity index (χ1v) is 5.11. The molecule has 96 valence electrons. The van der Waals surface area contributed by atoms with Gasteiger partial charge in [0, 0.05) is 6.20 Å². The van der Waals surface area contributed by atoms with Crippen LogP contribution in [0.1, 0.15) is 10.5 Å². The summed E-state index contributed by atoms with van der Waals surface area (Å²) in [6.45, 7) is 1.11. The number of quaternary nitrogens is 1. The fourth-order valence-corrected chi connectivity index (χ4v) is 0.888. The number of aliphatic hydroxyl groups excluding tert-OH is 1. The zero-order chi connectivity index (χ0) is 13.5. The topological polar surface area (TPSA) is 99.3 Å². The fourth-order valence-electron chi connectivity index (χ4n) is 0.888. The Labute approximate surface area is 101 Å². The zero-order valence-electron chi connectivity index (χ0n) is 10.4. The Morgan fingerprint density at radius 3 is 2.35 bits per heavy atom. The molecule has 0 spiro atoms. The Balaban J connectivity index is 0.000000325. The first-order chi connectivity index (χ1) is 7.78. The van der Waals surface area contributed by atoms with E-state index in [4.69, 9.17) is 10.8 Å². The molecule has 0 saturated heterocycles. The van der Waals surface area contributed by atoms with Crippen LogP contribution in [0.25, 0.3) is 0 Å². The number of pyridine rings is 1. The van der Waals surface area contributed by atoms with Gasteiger partial charge in [0.2, 0.25) is 0 Å². The van der Waals surface area contributed by atoms with Crippen LogP contribution in [0.5, 0.6) is 0 Å². The van der Waals surface area contributed by atoms with Crippen molar-refractivity contribution in [3.8, 4) is 0 Å². The number of aromatic carboxylic acids is 1. The van der Waals surface area contributed by atoms with Gasteiger partial charge in [-0.25, -0.2) is 0 Å². The average molecular weight is 241 g/mol. The molecule has 6 nitrogen and oxygen atoms in total. The molecule has 0 radical (unpaired) electrons. The molecule has 0 amide bonds. The molecule has 1 aromatic rings. The van der Waals surface area contributed by atoms with Gasteiger partial charge in [-0.15, -0.1) is 0 Å². The largest absolute Gasteiger partial charge is 0.543 e. The molecule has 0 bridgehead atoms. The van der Waals surface area contributed by atoms with Crippen molar-refractivity contribution in [3.63, 3.8) is 0 Å². The minimum atomic E-state index is -1.35. The summed E-state index contributed by atoms with van der Waals surface area (Å²) in [4.78, 5) is 13.7. The van der Waals surface area contributed by atoms with Crippen molar-refractivity contribution in [2.24, 2.45) is 0 Å². The van der Waals surface area contributed by atoms with E-state index < -0.39 is 5.97 Å². The van der Waals surface area contributed by atoms with E-state index in [1.807, 2.05) is 0 Å². The van der Waals surface area contributed by atoms with Crippen LogP contribution in [-0.2, 0) is 0 Å². The second-order valence-electron chi connectivity index (χ2n) is 4.47. The number of hydrogen-bond donors (Lipinski definition) is 2. The van der Waals surface area contributed by atoms with Gasteiger partial charge in [0.05, 0.1) is 39.4 Å². The summed E-state index contributed by atoms with van der Waals surface area (Å²) in [6.07, 6.45) is 1.35. The van der Waals surface area contributed by atoms with Gasteiger partial charge in [-0.2, -0.15) is 0 Å². The maximum absolute atomic E-state index is 10.2. The molecule has 3 N–H and O–H groups in total. The number of aromatic nitrogens is 1. The number of carbonyl (C=O) groups is 1. The van der Waals surface area contributed by atoms with Crippen molar-refractivity contribution in [3.05, 3.63) is 24.0 Å². The molecule has 6 heteroatoms. The molecule has 0 fully saturated rings. The molecule has 0 atom stereocenters. The second kappa shape index (κ2) is 6.82. The highest BCUT2D eigenvalue weighted by Crippen LogP contribution is 2.04. The molecule has 1 heterocycles. The van der Waals surface area contributed by atoms with Gasteiger partial charge < -0.3 is 25.2 Å². The van der Waals surface area contributed by atoms with E-state index in [0.29, 0.717) is 0 Å². The number of rotatable bonds is 3. The van der Waals surface area contributed by atoms with E-state index in [9.17, 15) is 9.90 Å². The minimum absolute atomic E-state index is 0.127. The normalized spacial score (nSPS) is 10.4. The molecule has 1 aromatic heterocycles. The molecule has 0 aliphatic heterocycles. The Morgan fingerprint density at radius 2 is 2.12 bits per heavy atom. The fraction of sp³-hybridized carbons (Fsp3) is 0.455. The Bertz CT molecular complexity index is 361. The van der Waals surface area contributed by atoms with E-state index in [2.05, 4.69) is 26.1 Å². The van der Waals surface area contributed by atoms with Crippen molar-refractivity contribution in [2.45, 2.75) is 0 Å². The minimum Gasteiger partial charge on any atom is -0.543 e. The predicted molar refractivity (Wildman–Crippen MR) is 63.0 cm³/mol. The van der Waals surface area contributed by atoms with Crippen LogP contribution in [0.4, 0.5) is 5.69 Å². The van der Waals surface area contributed by atoms with Gasteiger partial charge in [0.15, 0.2) is 0 Å². The number of carboxylic acids is 1. The van der Waals surface area contributed by atoms with Crippen LogP contribution >= 0.6 is 0 Å². The number of nitrogen functional groups attached to an aromatic ring is 1. The number of carbonyl (C=O) groups excluding carboxylic acids is 1. The standard InChI is InChI=1S/C6H6N2O2.C5H14NO/c7-4-2-1-3-8-5(4)6(9)10;1-6(2,3)4-5-7/h1-3H,7H2,(H,9,10);7H,4-5H2,1-3H3/q;+1/p-1. The average Bonchev–Trinajstić information content (AvgIpc) is 2.16. The third-order valence-electron chi connectivity index (χ3n) is 1.80. The number of nitrogens with zero attached hydrogens (tertiary/aromatic N) is 2. The van der Waals surface area contributed by atoms with Crippen LogP contribution in [0.15, 0.2) is 18.3 Å². The van der Waals surface area contributed by atoms with Crippen molar-refractivity contribution >= 4 is 11.7 Å². The van der Waals surface area contributed by atoms with Gasteiger partial charge in [-0.05, 0) is 12.1 Å². The van der Waals surface area contributed by atoms with Crippen molar-refractivity contribution in [1.29, 1.82) is 0 Å².